The molecule has 0 rings (SSSR count). The van der Waals surface area contributed by atoms with E-state index in [9.17, 15) is 14.4 Å². The number of ether oxygens (including phenoxy) is 5. The Morgan fingerprint density at radius 3 is 1.76 bits per heavy atom. The zero-order valence-corrected chi connectivity index (χ0v) is 12.9. The van der Waals surface area contributed by atoms with Crippen LogP contribution >= 0.6 is 0 Å². The lowest BCUT2D eigenvalue weighted by molar-refractivity contribution is -0.186. The summed E-state index contributed by atoms with van der Waals surface area (Å²) >= 11 is 0. The van der Waals surface area contributed by atoms with E-state index in [1.54, 1.807) is 0 Å². The monoisotopic (exact) mass is 306 g/mol. The van der Waals surface area contributed by atoms with Crippen molar-refractivity contribution < 1.29 is 38.1 Å². The molecule has 0 saturated heterocycles. The Morgan fingerprint density at radius 2 is 1.38 bits per heavy atom. The standard InChI is InChI=1S/C13H22O8/c1-8(14)19-7-11(18-5)13(21-10(3)16)12(6-17-4)20-9(2)15/h11-13H,6-7H2,1-5H3/t11-,12+,13-/m0/s1. The minimum absolute atomic E-state index is 0.00252. The zero-order chi connectivity index (χ0) is 16.4. The summed E-state index contributed by atoms with van der Waals surface area (Å²) < 4.78 is 25.2. The number of methoxy groups -OCH3 is 2. The highest BCUT2D eigenvalue weighted by Crippen LogP contribution is 2.14. The van der Waals surface area contributed by atoms with E-state index in [0.717, 1.165) is 0 Å². The summed E-state index contributed by atoms with van der Waals surface area (Å²) in [7, 11) is 2.78. The molecule has 0 aliphatic rings. The van der Waals surface area contributed by atoms with E-state index >= 15 is 0 Å². The van der Waals surface area contributed by atoms with Crippen molar-refractivity contribution in [2.45, 2.75) is 39.1 Å². The molecule has 0 aliphatic heterocycles. The Labute approximate surface area is 123 Å². The van der Waals surface area contributed by atoms with Crippen molar-refractivity contribution in [2.24, 2.45) is 0 Å². The minimum atomic E-state index is -0.962. The first-order chi connectivity index (χ1) is 9.81. The molecule has 0 heterocycles. The van der Waals surface area contributed by atoms with Crippen LogP contribution in [0.15, 0.2) is 0 Å². The average molecular weight is 306 g/mol. The van der Waals surface area contributed by atoms with Crippen molar-refractivity contribution in [1.29, 1.82) is 0 Å². The van der Waals surface area contributed by atoms with E-state index in [4.69, 9.17) is 23.7 Å². The lowest BCUT2D eigenvalue weighted by Gasteiger charge is -2.30. The number of hydrogen-bond acceptors (Lipinski definition) is 8. The van der Waals surface area contributed by atoms with E-state index in [-0.39, 0.29) is 13.2 Å². The lowest BCUT2D eigenvalue weighted by atomic mass is 10.1. The number of carbonyl (C=O) groups excluding carboxylic acids is 3. The first-order valence-electron chi connectivity index (χ1n) is 6.31. The molecular formula is C13H22O8. The zero-order valence-electron chi connectivity index (χ0n) is 12.9. The van der Waals surface area contributed by atoms with E-state index < -0.39 is 36.2 Å². The van der Waals surface area contributed by atoms with Crippen LogP contribution in [0, 0.1) is 0 Å². The molecule has 0 aromatic heterocycles. The van der Waals surface area contributed by atoms with Gasteiger partial charge in [0.2, 0.25) is 0 Å². The molecule has 0 aromatic rings. The van der Waals surface area contributed by atoms with Crippen molar-refractivity contribution in [2.75, 3.05) is 27.4 Å². The molecule has 0 amide bonds. The molecule has 0 fully saturated rings. The van der Waals surface area contributed by atoms with Gasteiger partial charge in [0.05, 0.1) is 6.61 Å². The van der Waals surface area contributed by atoms with Crippen molar-refractivity contribution in [3.8, 4) is 0 Å². The molecule has 8 nitrogen and oxygen atoms in total. The molecule has 3 atom stereocenters. The Hall–Kier alpha value is -1.67. The smallest absolute Gasteiger partial charge is 0.303 e. The Kier molecular flexibility index (Phi) is 9.31. The van der Waals surface area contributed by atoms with Crippen molar-refractivity contribution in [3.05, 3.63) is 0 Å². The minimum Gasteiger partial charge on any atom is -0.463 e. The topological polar surface area (TPSA) is 97.4 Å². The fourth-order valence-corrected chi connectivity index (χ4v) is 1.65. The number of hydrogen-bond donors (Lipinski definition) is 0. The van der Waals surface area contributed by atoms with Crippen LogP contribution in [-0.4, -0.2) is 63.7 Å². The predicted molar refractivity (Wildman–Crippen MR) is 70.4 cm³/mol. The number of esters is 3. The van der Waals surface area contributed by atoms with Gasteiger partial charge >= 0.3 is 17.9 Å². The van der Waals surface area contributed by atoms with Gasteiger partial charge in [0.25, 0.3) is 0 Å². The van der Waals surface area contributed by atoms with Gasteiger partial charge in [-0.1, -0.05) is 0 Å². The molecule has 0 bridgehead atoms. The van der Waals surface area contributed by atoms with Crippen LogP contribution in [0.4, 0.5) is 0 Å². The van der Waals surface area contributed by atoms with Gasteiger partial charge in [-0.2, -0.15) is 0 Å². The second-order valence-electron chi connectivity index (χ2n) is 4.25. The van der Waals surface area contributed by atoms with Gasteiger partial charge in [-0.25, -0.2) is 0 Å². The van der Waals surface area contributed by atoms with Crippen LogP contribution in [0.5, 0.6) is 0 Å². The van der Waals surface area contributed by atoms with Gasteiger partial charge in [0.1, 0.15) is 12.7 Å². The summed E-state index contributed by atoms with van der Waals surface area (Å²) in [5, 5.41) is 0. The van der Waals surface area contributed by atoms with Crippen LogP contribution in [0.25, 0.3) is 0 Å². The maximum atomic E-state index is 11.2. The Balaban J connectivity index is 5.10. The second kappa shape index (κ2) is 10.1. The molecule has 0 unspecified atom stereocenters. The van der Waals surface area contributed by atoms with E-state index in [1.807, 2.05) is 0 Å². The van der Waals surface area contributed by atoms with Gasteiger partial charge in [-0.3, -0.25) is 14.4 Å². The molecule has 0 N–H and O–H groups in total. The maximum Gasteiger partial charge on any atom is 0.303 e. The first-order valence-corrected chi connectivity index (χ1v) is 6.31. The van der Waals surface area contributed by atoms with Crippen molar-refractivity contribution in [1.82, 2.24) is 0 Å². The highest BCUT2D eigenvalue weighted by molar-refractivity contribution is 5.67. The average Bonchev–Trinajstić information content (AvgIpc) is 2.36. The maximum absolute atomic E-state index is 11.2. The molecular weight excluding hydrogens is 284 g/mol. The van der Waals surface area contributed by atoms with Gasteiger partial charge < -0.3 is 23.7 Å². The van der Waals surface area contributed by atoms with Crippen molar-refractivity contribution in [3.63, 3.8) is 0 Å². The molecule has 0 saturated carbocycles. The summed E-state index contributed by atoms with van der Waals surface area (Å²) in [5.74, 6) is -1.65. The van der Waals surface area contributed by atoms with Gasteiger partial charge in [-0.15, -0.1) is 0 Å². The molecule has 21 heavy (non-hydrogen) atoms. The quantitative estimate of drug-likeness (QED) is 0.436. The summed E-state index contributed by atoms with van der Waals surface area (Å²) in [4.78, 5) is 33.3. The molecule has 0 spiro atoms. The van der Waals surface area contributed by atoms with E-state index in [2.05, 4.69) is 0 Å². The van der Waals surface area contributed by atoms with Gasteiger partial charge in [0.15, 0.2) is 12.2 Å². The largest absolute Gasteiger partial charge is 0.463 e. The third-order valence-electron chi connectivity index (χ3n) is 2.44. The van der Waals surface area contributed by atoms with Crippen molar-refractivity contribution >= 4 is 17.9 Å². The van der Waals surface area contributed by atoms with E-state index in [0.29, 0.717) is 0 Å². The summed E-state index contributed by atoms with van der Waals surface area (Å²) in [6, 6.07) is 0. The number of rotatable bonds is 9. The fourth-order valence-electron chi connectivity index (χ4n) is 1.65. The summed E-state index contributed by atoms with van der Waals surface area (Å²) in [6.07, 6.45) is -2.63. The predicted octanol–water partition coefficient (Wildman–Crippen LogP) is 0.0743. The second-order valence-corrected chi connectivity index (χ2v) is 4.25. The third kappa shape index (κ3) is 8.26. The normalized spacial score (nSPS) is 14.7. The third-order valence-corrected chi connectivity index (χ3v) is 2.44. The Morgan fingerprint density at radius 1 is 0.810 bits per heavy atom. The van der Waals surface area contributed by atoms with Crippen LogP contribution in [-0.2, 0) is 38.1 Å². The molecule has 0 aromatic carbocycles. The SMILES string of the molecule is COC[C@@H](OC(C)=O)[C@@H](OC(C)=O)[C@H](COC(C)=O)OC. The Bertz CT molecular complexity index is 354. The summed E-state index contributed by atoms with van der Waals surface area (Å²) in [6.45, 7) is 3.53. The van der Waals surface area contributed by atoms with Crippen LogP contribution in [0.2, 0.25) is 0 Å². The van der Waals surface area contributed by atoms with Gasteiger partial charge in [-0.05, 0) is 0 Å². The summed E-state index contributed by atoms with van der Waals surface area (Å²) in [5.41, 5.74) is 0. The highest BCUT2D eigenvalue weighted by atomic mass is 16.6. The molecule has 0 aliphatic carbocycles. The van der Waals surface area contributed by atoms with Crippen LogP contribution in [0.3, 0.4) is 0 Å². The lowest BCUT2D eigenvalue weighted by Crippen LogP contribution is -2.48. The molecule has 122 valence electrons. The first kappa shape index (κ1) is 19.3. The van der Waals surface area contributed by atoms with Crippen LogP contribution < -0.4 is 0 Å². The number of carbonyl (C=O) groups is 3. The van der Waals surface area contributed by atoms with Gasteiger partial charge in [0, 0.05) is 35.0 Å². The fraction of sp³-hybridized carbons (Fsp3) is 0.769. The molecule has 8 heteroatoms. The highest BCUT2D eigenvalue weighted by Gasteiger charge is 2.35. The van der Waals surface area contributed by atoms with Crippen LogP contribution in [0.1, 0.15) is 20.8 Å². The van der Waals surface area contributed by atoms with E-state index in [1.165, 1.54) is 35.0 Å². The molecule has 0 radical (unpaired) electrons.